The number of thiophene rings is 1. The predicted molar refractivity (Wildman–Crippen MR) is 96.6 cm³/mol. The lowest BCUT2D eigenvalue weighted by Gasteiger charge is -2.21. The van der Waals surface area contributed by atoms with Crippen molar-refractivity contribution >= 4 is 34.8 Å². The zero-order chi connectivity index (χ0) is 18.7. The van der Waals surface area contributed by atoms with Gasteiger partial charge in [-0.25, -0.2) is 4.79 Å². The first-order valence-electron chi connectivity index (χ1n) is 8.01. The van der Waals surface area contributed by atoms with Gasteiger partial charge in [0.1, 0.15) is 6.04 Å². The van der Waals surface area contributed by atoms with Gasteiger partial charge in [0.25, 0.3) is 11.8 Å². The maximum absolute atomic E-state index is 12.8. The van der Waals surface area contributed by atoms with Gasteiger partial charge >= 0.3 is 5.97 Å². The normalized spacial score (nSPS) is 19.3. The highest BCUT2D eigenvalue weighted by atomic mass is 32.1. The maximum atomic E-state index is 12.8. The number of ether oxygens (including phenoxy) is 1. The van der Waals surface area contributed by atoms with Crippen LogP contribution in [0.25, 0.3) is 0 Å². The van der Waals surface area contributed by atoms with Crippen LogP contribution in [-0.4, -0.2) is 53.6 Å². The number of aliphatic carboxylic acids is 1. The molecule has 0 radical (unpaired) electrons. The van der Waals surface area contributed by atoms with E-state index in [0.717, 1.165) is 0 Å². The molecule has 0 aliphatic carbocycles. The lowest BCUT2D eigenvalue weighted by molar-refractivity contribution is -0.141. The van der Waals surface area contributed by atoms with Crippen molar-refractivity contribution in [2.45, 2.75) is 18.6 Å². The van der Waals surface area contributed by atoms with Crippen molar-refractivity contribution < 1.29 is 24.2 Å². The van der Waals surface area contributed by atoms with Gasteiger partial charge in [0, 0.05) is 31.3 Å². The Kier molecular flexibility index (Phi) is 5.34. The largest absolute Gasteiger partial charge is 0.480 e. The van der Waals surface area contributed by atoms with Crippen molar-refractivity contribution in [2.24, 2.45) is 0 Å². The molecule has 0 saturated carbocycles. The van der Waals surface area contributed by atoms with Crippen LogP contribution in [0.1, 0.15) is 26.5 Å². The number of anilines is 1. The quantitative estimate of drug-likeness (QED) is 0.837. The fraction of sp³-hybridized carbons (Fsp3) is 0.278. The molecule has 0 bridgehead atoms. The SMILES string of the molecule is COC1CC(C(=O)O)N(C(=O)c2cccc(NC(=O)c3cccs3)c2)C1. The van der Waals surface area contributed by atoms with E-state index >= 15 is 0 Å². The number of carbonyl (C=O) groups is 3. The standard InChI is InChI=1S/C18H18N2O5S/c1-25-13-9-14(18(23)24)20(10-13)17(22)11-4-2-5-12(8-11)19-16(21)15-6-3-7-26-15/h2-8,13-14H,9-10H2,1H3,(H,19,21)(H,23,24). The Hall–Kier alpha value is -2.71. The number of carboxylic acids is 1. The Bertz CT molecular complexity index is 821. The molecule has 1 aromatic carbocycles. The van der Waals surface area contributed by atoms with E-state index in [0.29, 0.717) is 16.1 Å². The van der Waals surface area contributed by atoms with Gasteiger partial charge in [-0.1, -0.05) is 12.1 Å². The van der Waals surface area contributed by atoms with Crippen LogP contribution < -0.4 is 5.32 Å². The van der Waals surface area contributed by atoms with Gasteiger partial charge in [-0.3, -0.25) is 9.59 Å². The van der Waals surface area contributed by atoms with E-state index in [-0.39, 0.29) is 25.0 Å². The highest BCUT2D eigenvalue weighted by molar-refractivity contribution is 7.12. The van der Waals surface area contributed by atoms with Gasteiger partial charge in [-0.05, 0) is 29.6 Å². The number of carbonyl (C=O) groups excluding carboxylic acids is 2. The molecule has 1 fully saturated rings. The minimum Gasteiger partial charge on any atom is -0.480 e. The summed E-state index contributed by atoms with van der Waals surface area (Å²) in [5.41, 5.74) is 0.792. The van der Waals surface area contributed by atoms with Crippen LogP contribution >= 0.6 is 11.3 Å². The van der Waals surface area contributed by atoms with E-state index in [1.54, 1.807) is 41.8 Å². The molecule has 0 spiro atoms. The molecule has 136 valence electrons. The molecule has 26 heavy (non-hydrogen) atoms. The van der Waals surface area contributed by atoms with Gasteiger partial charge < -0.3 is 20.1 Å². The van der Waals surface area contributed by atoms with E-state index in [1.165, 1.54) is 23.3 Å². The number of nitrogens with one attached hydrogen (secondary N) is 1. The second-order valence-electron chi connectivity index (χ2n) is 5.92. The summed E-state index contributed by atoms with van der Waals surface area (Å²) in [5, 5.41) is 13.9. The topological polar surface area (TPSA) is 95.9 Å². The summed E-state index contributed by atoms with van der Waals surface area (Å²) >= 11 is 1.32. The van der Waals surface area contributed by atoms with Gasteiger partial charge in [-0.2, -0.15) is 0 Å². The number of nitrogens with zero attached hydrogens (tertiary/aromatic N) is 1. The fourth-order valence-corrected chi connectivity index (χ4v) is 3.54. The average molecular weight is 374 g/mol. The lowest BCUT2D eigenvalue weighted by Crippen LogP contribution is -2.40. The zero-order valence-corrected chi connectivity index (χ0v) is 14.9. The number of methoxy groups -OCH3 is 1. The monoisotopic (exact) mass is 374 g/mol. The first kappa shape index (κ1) is 18.1. The minimum absolute atomic E-state index is 0.220. The number of hydrogen-bond acceptors (Lipinski definition) is 5. The van der Waals surface area contributed by atoms with Crippen LogP contribution in [-0.2, 0) is 9.53 Å². The van der Waals surface area contributed by atoms with Crippen molar-refractivity contribution in [3.8, 4) is 0 Å². The van der Waals surface area contributed by atoms with Gasteiger partial charge in [0.2, 0.25) is 0 Å². The molecule has 2 heterocycles. The average Bonchev–Trinajstić information content (AvgIpc) is 3.31. The van der Waals surface area contributed by atoms with E-state index < -0.39 is 17.9 Å². The maximum Gasteiger partial charge on any atom is 0.326 e. The van der Waals surface area contributed by atoms with Crippen molar-refractivity contribution in [2.75, 3.05) is 19.0 Å². The third kappa shape index (κ3) is 3.76. The summed E-state index contributed by atoms with van der Waals surface area (Å²) in [6, 6.07) is 9.05. The highest BCUT2D eigenvalue weighted by Crippen LogP contribution is 2.24. The Morgan fingerprint density at radius 1 is 1.27 bits per heavy atom. The second-order valence-corrected chi connectivity index (χ2v) is 6.86. The van der Waals surface area contributed by atoms with Crippen LogP contribution in [0.2, 0.25) is 0 Å². The smallest absolute Gasteiger partial charge is 0.326 e. The molecule has 1 aromatic heterocycles. The number of benzene rings is 1. The number of amides is 2. The number of carboxylic acid groups (broad SMARTS) is 1. The molecule has 2 atom stereocenters. The van der Waals surface area contributed by atoms with Crippen LogP contribution in [0.15, 0.2) is 41.8 Å². The fourth-order valence-electron chi connectivity index (χ4n) is 2.92. The molecule has 2 aromatic rings. The van der Waals surface area contributed by atoms with Crippen molar-refractivity contribution in [1.82, 2.24) is 4.90 Å². The first-order valence-corrected chi connectivity index (χ1v) is 8.89. The van der Waals surface area contributed by atoms with Gasteiger partial charge in [-0.15, -0.1) is 11.3 Å². The van der Waals surface area contributed by atoms with Gasteiger partial charge in [0.05, 0.1) is 11.0 Å². The Labute approximate surface area is 154 Å². The van der Waals surface area contributed by atoms with Crippen LogP contribution in [0, 0.1) is 0 Å². The summed E-state index contributed by atoms with van der Waals surface area (Å²) in [6.45, 7) is 0.220. The molecule has 1 saturated heterocycles. The Balaban J connectivity index is 1.77. The molecular weight excluding hydrogens is 356 g/mol. The van der Waals surface area contributed by atoms with E-state index in [9.17, 15) is 19.5 Å². The van der Waals surface area contributed by atoms with E-state index in [2.05, 4.69) is 5.32 Å². The number of hydrogen-bond donors (Lipinski definition) is 2. The molecule has 1 aliphatic heterocycles. The van der Waals surface area contributed by atoms with Crippen LogP contribution in [0.5, 0.6) is 0 Å². The summed E-state index contributed by atoms with van der Waals surface area (Å²) in [4.78, 5) is 38.2. The molecule has 8 heteroatoms. The van der Waals surface area contributed by atoms with Crippen molar-refractivity contribution in [3.63, 3.8) is 0 Å². The molecule has 2 N–H and O–H groups in total. The molecular formula is C18H18N2O5S. The summed E-state index contributed by atoms with van der Waals surface area (Å²) in [7, 11) is 1.50. The molecule has 2 amide bonds. The molecule has 2 unspecified atom stereocenters. The van der Waals surface area contributed by atoms with Crippen molar-refractivity contribution in [3.05, 3.63) is 52.2 Å². The Morgan fingerprint density at radius 2 is 2.08 bits per heavy atom. The number of likely N-dealkylation sites (tertiary alicyclic amines) is 1. The lowest BCUT2D eigenvalue weighted by atomic mass is 10.1. The van der Waals surface area contributed by atoms with Gasteiger partial charge in [0.15, 0.2) is 0 Å². The Morgan fingerprint density at radius 3 is 2.73 bits per heavy atom. The third-order valence-electron chi connectivity index (χ3n) is 4.25. The number of rotatable bonds is 5. The first-order chi connectivity index (χ1) is 12.5. The minimum atomic E-state index is -1.06. The summed E-state index contributed by atoms with van der Waals surface area (Å²) < 4.78 is 5.21. The van der Waals surface area contributed by atoms with Crippen LogP contribution in [0.3, 0.4) is 0 Å². The zero-order valence-electron chi connectivity index (χ0n) is 14.0. The third-order valence-corrected chi connectivity index (χ3v) is 5.12. The van der Waals surface area contributed by atoms with Crippen molar-refractivity contribution in [1.29, 1.82) is 0 Å². The van der Waals surface area contributed by atoms with E-state index in [4.69, 9.17) is 4.74 Å². The molecule has 1 aliphatic rings. The van der Waals surface area contributed by atoms with Crippen LogP contribution in [0.4, 0.5) is 5.69 Å². The second kappa shape index (κ2) is 7.67. The summed E-state index contributed by atoms with van der Waals surface area (Å²) in [5.74, 6) is -1.71. The highest BCUT2D eigenvalue weighted by Gasteiger charge is 2.40. The molecule has 7 nitrogen and oxygen atoms in total. The van der Waals surface area contributed by atoms with E-state index in [1.807, 2.05) is 0 Å². The molecule has 3 rings (SSSR count). The summed E-state index contributed by atoms with van der Waals surface area (Å²) in [6.07, 6.45) is -0.0476. The predicted octanol–water partition coefficient (Wildman–Crippen LogP) is 2.31.